The van der Waals surface area contributed by atoms with E-state index in [2.05, 4.69) is 9.97 Å². The van der Waals surface area contributed by atoms with Crippen LogP contribution in [0, 0.1) is 6.92 Å². The fourth-order valence-electron chi connectivity index (χ4n) is 0.954. The molecule has 0 aliphatic heterocycles. The van der Waals surface area contributed by atoms with Gasteiger partial charge in [-0.25, -0.2) is 4.98 Å². The Labute approximate surface area is 80.5 Å². The van der Waals surface area contributed by atoms with Crippen molar-refractivity contribution >= 4 is 21.7 Å². The smallest absolute Gasteiger partial charge is 0.249 e. The number of aromatic amines is 1. The lowest BCUT2D eigenvalue weighted by Crippen LogP contribution is -2.00. The SMILES string of the molecule is CC.Cc1nc2ccc(=O)[nH]c2s1. The number of nitrogens with zero attached hydrogens (tertiary/aromatic N) is 1. The molecule has 0 saturated heterocycles. The molecule has 0 amide bonds. The van der Waals surface area contributed by atoms with E-state index in [0.29, 0.717) is 0 Å². The highest BCUT2D eigenvalue weighted by Gasteiger charge is 1.98. The monoisotopic (exact) mass is 196 g/mol. The number of hydrogen-bond donors (Lipinski definition) is 1. The molecule has 2 heterocycles. The summed E-state index contributed by atoms with van der Waals surface area (Å²) in [6, 6.07) is 3.22. The lowest BCUT2D eigenvalue weighted by molar-refractivity contribution is 1.29. The van der Waals surface area contributed by atoms with E-state index in [9.17, 15) is 4.79 Å². The maximum atomic E-state index is 10.8. The molecule has 0 aliphatic carbocycles. The third-order valence-corrected chi connectivity index (χ3v) is 2.29. The Morgan fingerprint density at radius 3 is 2.77 bits per heavy atom. The molecular weight excluding hydrogens is 184 g/mol. The first kappa shape index (κ1) is 9.92. The molecule has 0 saturated carbocycles. The van der Waals surface area contributed by atoms with Crippen LogP contribution in [0.25, 0.3) is 10.3 Å². The minimum absolute atomic E-state index is 0.0684. The van der Waals surface area contributed by atoms with Crippen molar-refractivity contribution in [2.45, 2.75) is 20.8 Å². The highest BCUT2D eigenvalue weighted by atomic mass is 32.1. The van der Waals surface area contributed by atoms with Crippen LogP contribution < -0.4 is 5.56 Å². The number of aryl methyl sites for hydroxylation is 1. The molecule has 0 radical (unpaired) electrons. The lowest BCUT2D eigenvalue weighted by Gasteiger charge is -1.82. The number of H-pyrrole nitrogens is 1. The van der Waals surface area contributed by atoms with Crippen LogP contribution in [-0.2, 0) is 0 Å². The highest BCUT2D eigenvalue weighted by Crippen LogP contribution is 2.16. The van der Waals surface area contributed by atoms with E-state index in [1.165, 1.54) is 17.4 Å². The first-order chi connectivity index (χ1) is 6.25. The number of fused-ring (bicyclic) bond motifs is 1. The summed E-state index contributed by atoms with van der Waals surface area (Å²) in [5.41, 5.74) is 0.799. The van der Waals surface area contributed by atoms with E-state index in [4.69, 9.17) is 0 Å². The quantitative estimate of drug-likeness (QED) is 0.702. The van der Waals surface area contributed by atoms with E-state index in [1.54, 1.807) is 6.07 Å². The standard InChI is InChI=1S/C7H6N2OS.C2H6/c1-4-8-5-2-3-6(10)9-7(5)11-4;1-2/h2-3H,1H3,(H,9,10);1-2H3. The third kappa shape index (κ3) is 2.15. The number of nitrogens with one attached hydrogen (secondary N) is 1. The zero-order valence-corrected chi connectivity index (χ0v) is 8.73. The fourth-order valence-corrected chi connectivity index (χ4v) is 1.76. The molecule has 0 atom stereocenters. The van der Waals surface area contributed by atoms with E-state index in [-0.39, 0.29) is 5.56 Å². The molecule has 0 aliphatic rings. The van der Waals surface area contributed by atoms with Gasteiger partial charge in [-0.05, 0) is 13.0 Å². The second-order valence-corrected chi connectivity index (χ2v) is 3.47. The van der Waals surface area contributed by atoms with Gasteiger partial charge in [-0.3, -0.25) is 4.79 Å². The predicted octanol–water partition coefficient (Wildman–Crippen LogP) is 2.32. The molecule has 3 nitrogen and oxygen atoms in total. The first-order valence-electron chi connectivity index (χ1n) is 4.22. The number of aromatic nitrogens is 2. The number of rotatable bonds is 0. The highest BCUT2D eigenvalue weighted by molar-refractivity contribution is 7.18. The molecule has 70 valence electrons. The largest absolute Gasteiger partial charge is 0.312 e. The summed E-state index contributed by atoms with van der Waals surface area (Å²) in [7, 11) is 0. The maximum Gasteiger partial charge on any atom is 0.249 e. The van der Waals surface area contributed by atoms with E-state index in [0.717, 1.165) is 15.4 Å². The minimum atomic E-state index is -0.0684. The Kier molecular flexibility index (Phi) is 3.19. The van der Waals surface area contributed by atoms with Gasteiger partial charge >= 0.3 is 0 Å². The van der Waals surface area contributed by atoms with Crippen LogP contribution >= 0.6 is 11.3 Å². The van der Waals surface area contributed by atoms with Gasteiger partial charge in [0.2, 0.25) is 5.56 Å². The summed E-state index contributed by atoms with van der Waals surface area (Å²) in [6.45, 7) is 5.92. The summed E-state index contributed by atoms with van der Waals surface area (Å²) < 4.78 is 0. The normalized spacial score (nSPS) is 9.46. The Bertz CT molecular complexity index is 444. The topological polar surface area (TPSA) is 45.8 Å². The molecule has 2 rings (SSSR count). The Morgan fingerprint density at radius 1 is 1.38 bits per heavy atom. The van der Waals surface area contributed by atoms with Gasteiger partial charge < -0.3 is 4.98 Å². The van der Waals surface area contributed by atoms with Gasteiger partial charge in [0.05, 0.1) is 10.5 Å². The van der Waals surface area contributed by atoms with E-state index < -0.39 is 0 Å². The Morgan fingerprint density at radius 2 is 2.08 bits per heavy atom. The van der Waals surface area contributed by atoms with Crippen LogP contribution in [0.3, 0.4) is 0 Å². The fraction of sp³-hybridized carbons (Fsp3) is 0.333. The molecule has 2 aromatic rings. The average molecular weight is 196 g/mol. The number of hydrogen-bond acceptors (Lipinski definition) is 3. The van der Waals surface area contributed by atoms with Gasteiger partial charge in [-0.2, -0.15) is 0 Å². The van der Waals surface area contributed by atoms with Crippen LogP contribution in [-0.4, -0.2) is 9.97 Å². The lowest BCUT2D eigenvalue weighted by atomic mass is 10.4. The van der Waals surface area contributed by atoms with Crippen molar-refractivity contribution < 1.29 is 0 Å². The summed E-state index contributed by atoms with van der Waals surface area (Å²) in [4.78, 5) is 18.6. The van der Waals surface area contributed by atoms with Crippen LogP contribution in [0.15, 0.2) is 16.9 Å². The van der Waals surface area contributed by atoms with Gasteiger partial charge in [0.15, 0.2) is 0 Å². The summed E-state index contributed by atoms with van der Waals surface area (Å²) in [6.07, 6.45) is 0. The molecule has 0 fully saturated rings. The van der Waals surface area contributed by atoms with Crippen molar-refractivity contribution in [1.82, 2.24) is 9.97 Å². The van der Waals surface area contributed by atoms with Crippen molar-refractivity contribution in [2.24, 2.45) is 0 Å². The van der Waals surface area contributed by atoms with Crippen LogP contribution in [0.1, 0.15) is 18.9 Å². The minimum Gasteiger partial charge on any atom is -0.312 e. The second-order valence-electron chi connectivity index (χ2n) is 2.27. The number of pyridine rings is 1. The zero-order chi connectivity index (χ0) is 9.84. The molecule has 13 heavy (non-hydrogen) atoms. The molecule has 2 aromatic heterocycles. The van der Waals surface area contributed by atoms with Crippen molar-refractivity contribution in [1.29, 1.82) is 0 Å². The van der Waals surface area contributed by atoms with Crippen LogP contribution in [0.5, 0.6) is 0 Å². The van der Waals surface area contributed by atoms with Crippen LogP contribution in [0.4, 0.5) is 0 Å². The molecule has 0 spiro atoms. The summed E-state index contributed by atoms with van der Waals surface area (Å²) in [5.74, 6) is 0. The second kappa shape index (κ2) is 4.18. The number of thiazole rings is 1. The van der Waals surface area contributed by atoms with Gasteiger partial charge in [0.25, 0.3) is 0 Å². The van der Waals surface area contributed by atoms with Gasteiger partial charge in [-0.15, -0.1) is 11.3 Å². The van der Waals surface area contributed by atoms with Gasteiger partial charge in [0, 0.05) is 6.07 Å². The average Bonchev–Trinajstić information content (AvgIpc) is 2.48. The predicted molar refractivity (Wildman–Crippen MR) is 56.3 cm³/mol. The van der Waals surface area contributed by atoms with Gasteiger partial charge in [-0.1, -0.05) is 13.8 Å². The molecular formula is C9H12N2OS. The van der Waals surface area contributed by atoms with E-state index >= 15 is 0 Å². The maximum absolute atomic E-state index is 10.8. The first-order valence-corrected chi connectivity index (χ1v) is 5.04. The Hall–Kier alpha value is -1.16. The van der Waals surface area contributed by atoms with E-state index in [1.807, 2.05) is 20.8 Å². The molecule has 1 N–H and O–H groups in total. The van der Waals surface area contributed by atoms with Crippen LogP contribution in [0.2, 0.25) is 0 Å². The summed E-state index contributed by atoms with van der Waals surface area (Å²) >= 11 is 1.50. The zero-order valence-electron chi connectivity index (χ0n) is 7.92. The van der Waals surface area contributed by atoms with Crippen molar-refractivity contribution in [3.8, 4) is 0 Å². The van der Waals surface area contributed by atoms with Crippen molar-refractivity contribution in [3.63, 3.8) is 0 Å². The van der Waals surface area contributed by atoms with Crippen molar-refractivity contribution in [2.75, 3.05) is 0 Å². The molecule has 0 aromatic carbocycles. The Balaban J connectivity index is 0.000000396. The summed E-state index contributed by atoms with van der Waals surface area (Å²) in [5, 5.41) is 0.974. The van der Waals surface area contributed by atoms with Crippen molar-refractivity contribution in [3.05, 3.63) is 27.5 Å². The van der Waals surface area contributed by atoms with Gasteiger partial charge in [0.1, 0.15) is 4.83 Å². The third-order valence-electron chi connectivity index (χ3n) is 1.39. The molecule has 0 bridgehead atoms. The molecule has 0 unspecified atom stereocenters. The molecule has 4 heteroatoms.